The molecule has 266 valence electrons. The Hall–Kier alpha value is -1.01. The van der Waals surface area contributed by atoms with Gasteiger partial charge in [0.1, 0.15) is 48.8 Å². The van der Waals surface area contributed by atoms with Crippen molar-refractivity contribution in [3.8, 4) is 0 Å². The average molecular weight is 654 g/mol. The van der Waals surface area contributed by atoms with Crippen molar-refractivity contribution in [2.24, 2.45) is 0 Å². The molecule has 9 N–H and O–H groups in total. The van der Waals surface area contributed by atoms with Crippen molar-refractivity contribution in [2.45, 2.75) is 171 Å². The maximum Gasteiger partial charge on any atom is 0.220 e. The molecule has 14 heteroatoms. The van der Waals surface area contributed by atoms with Crippen molar-refractivity contribution in [2.75, 3.05) is 19.8 Å². The summed E-state index contributed by atoms with van der Waals surface area (Å²) in [7, 11) is 0. The molecule has 2 saturated heterocycles. The van der Waals surface area contributed by atoms with Gasteiger partial charge in [-0.1, -0.05) is 78.1 Å². The Morgan fingerprint density at radius 1 is 0.711 bits per heavy atom. The summed E-state index contributed by atoms with van der Waals surface area (Å²) in [6, 6.07) is -0.813. The number of aliphatic hydroxyl groups is 8. The van der Waals surface area contributed by atoms with Gasteiger partial charge in [0.05, 0.1) is 32.0 Å². The Kier molecular flexibility index (Phi) is 19.4. The SMILES string of the molecule is CCCCCCCCCC(O)C(COC1OC(CO)C(OC2OC(CO)C(O)C(O)C2O)C(O)C1O)NC(=O)CCCCCC. The summed E-state index contributed by atoms with van der Waals surface area (Å²) in [5, 5.41) is 85.3. The van der Waals surface area contributed by atoms with Gasteiger partial charge in [0.2, 0.25) is 5.91 Å². The van der Waals surface area contributed by atoms with Crippen molar-refractivity contribution in [1.82, 2.24) is 5.32 Å². The summed E-state index contributed by atoms with van der Waals surface area (Å²) in [6.07, 6.45) is -4.75. The molecule has 0 aromatic carbocycles. The van der Waals surface area contributed by atoms with Crippen LogP contribution >= 0.6 is 0 Å². The van der Waals surface area contributed by atoms with Crippen molar-refractivity contribution < 1.29 is 64.6 Å². The summed E-state index contributed by atoms with van der Waals surface area (Å²) in [4.78, 5) is 12.7. The fraction of sp³-hybridized carbons (Fsp3) is 0.968. The van der Waals surface area contributed by atoms with Crippen molar-refractivity contribution >= 4 is 5.91 Å². The van der Waals surface area contributed by atoms with Crippen LogP contribution in [0.4, 0.5) is 0 Å². The second-order valence-corrected chi connectivity index (χ2v) is 12.3. The topological polar surface area (TPSA) is 228 Å². The van der Waals surface area contributed by atoms with E-state index < -0.39 is 86.8 Å². The standard InChI is InChI=1S/C31H59NO13/c1-3-5-7-9-10-11-12-14-20(35)19(32-23(36)15-13-8-6-4-2)18-42-30-28(41)26(39)29(22(17-34)44-30)45-31-27(40)25(38)24(37)21(16-33)43-31/h19-22,24-31,33-35,37-41H,3-18H2,1-2H3,(H,32,36). The molecule has 1 amide bonds. The monoisotopic (exact) mass is 653 g/mol. The normalized spacial score (nSPS) is 33.6. The van der Waals surface area contributed by atoms with Gasteiger partial charge < -0.3 is 65.1 Å². The molecular formula is C31H59NO13. The zero-order valence-corrected chi connectivity index (χ0v) is 26.9. The third-order valence-corrected chi connectivity index (χ3v) is 8.57. The molecular weight excluding hydrogens is 594 g/mol. The van der Waals surface area contributed by atoms with Crippen LogP contribution in [0.25, 0.3) is 0 Å². The summed E-state index contributed by atoms with van der Waals surface area (Å²) >= 11 is 0. The molecule has 0 aromatic heterocycles. The molecule has 0 bridgehead atoms. The fourth-order valence-corrected chi connectivity index (χ4v) is 5.64. The van der Waals surface area contributed by atoms with Crippen LogP contribution in [-0.4, -0.2) is 140 Å². The molecule has 12 unspecified atom stereocenters. The van der Waals surface area contributed by atoms with Gasteiger partial charge in [-0.25, -0.2) is 0 Å². The second-order valence-electron chi connectivity index (χ2n) is 12.3. The highest BCUT2D eigenvalue weighted by Crippen LogP contribution is 2.29. The molecule has 2 aliphatic heterocycles. The van der Waals surface area contributed by atoms with Gasteiger partial charge in [0, 0.05) is 6.42 Å². The molecule has 0 spiro atoms. The molecule has 14 nitrogen and oxygen atoms in total. The Balaban J connectivity index is 2.01. The molecule has 0 aromatic rings. The van der Waals surface area contributed by atoms with Crippen molar-refractivity contribution in [3.63, 3.8) is 0 Å². The number of rotatable bonds is 22. The predicted molar refractivity (Wildman–Crippen MR) is 162 cm³/mol. The number of amides is 1. The van der Waals surface area contributed by atoms with Crippen LogP contribution in [0.3, 0.4) is 0 Å². The lowest BCUT2D eigenvalue weighted by molar-refractivity contribution is -0.359. The number of unbranched alkanes of at least 4 members (excludes halogenated alkanes) is 9. The molecule has 45 heavy (non-hydrogen) atoms. The fourth-order valence-electron chi connectivity index (χ4n) is 5.64. The number of aliphatic hydroxyl groups excluding tert-OH is 8. The lowest BCUT2D eigenvalue weighted by atomic mass is 9.97. The summed E-state index contributed by atoms with van der Waals surface area (Å²) in [6.45, 7) is 2.60. The minimum atomic E-state index is -1.77. The molecule has 0 aliphatic carbocycles. The molecule has 2 rings (SSSR count). The molecule has 0 saturated carbocycles. The lowest BCUT2D eigenvalue weighted by Gasteiger charge is -2.46. The van der Waals surface area contributed by atoms with E-state index in [1.54, 1.807) is 0 Å². The van der Waals surface area contributed by atoms with Crippen LogP contribution in [0.1, 0.15) is 97.3 Å². The molecule has 2 fully saturated rings. The molecule has 0 radical (unpaired) electrons. The Bertz CT molecular complexity index is 791. The first-order chi connectivity index (χ1) is 21.6. The van der Waals surface area contributed by atoms with E-state index >= 15 is 0 Å². The first-order valence-electron chi connectivity index (χ1n) is 16.8. The number of nitrogens with one attached hydrogen (secondary N) is 1. The minimum Gasteiger partial charge on any atom is -0.394 e. The highest BCUT2D eigenvalue weighted by atomic mass is 16.7. The van der Waals surface area contributed by atoms with Gasteiger partial charge in [-0.3, -0.25) is 4.79 Å². The van der Waals surface area contributed by atoms with Gasteiger partial charge in [-0.2, -0.15) is 0 Å². The third kappa shape index (κ3) is 12.8. The second kappa shape index (κ2) is 21.8. The molecule has 2 heterocycles. The van der Waals surface area contributed by atoms with Crippen LogP contribution in [-0.2, 0) is 23.7 Å². The number of hydrogen-bond donors (Lipinski definition) is 9. The quantitative estimate of drug-likeness (QED) is 0.0678. The maximum absolute atomic E-state index is 12.7. The minimum absolute atomic E-state index is 0.232. The van der Waals surface area contributed by atoms with Crippen LogP contribution in [0.2, 0.25) is 0 Å². The van der Waals surface area contributed by atoms with E-state index in [2.05, 4.69) is 19.2 Å². The maximum atomic E-state index is 12.7. The van der Waals surface area contributed by atoms with E-state index in [1.165, 1.54) is 19.3 Å². The van der Waals surface area contributed by atoms with Gasteiger partial charge in [0.15, 0.2) is 12.6 Å². The smallest absolute Gasteiger partial charge is 0.220 e. The molecule has 12 atom stereocenters. The van der Waals surface area contributed by atoms with E-state index in [1.807, 2.05) is 0 Å². The highest BCUT2D eigenvalue weighted by Gasteiger charge is 2.50. The third-order valence-electron chi connectivity index (χ3n) is 8.57. The summed E-state index contributed by atoms with van der Waals surface area (Å²) in [5.41, 5.74) is 0. The van der Waals surface area contributed by atoms with Crippen LogP contribution < -0.4 is 5.32 Å². The summed E-state index contributed by atoms with van der Waals surface area (Å²) < 4.78 is 22.4. The zero-order chi connectivity index (χ0) is 33.4. The average Bonchev–Trinajstić information content (AvgIpc) is 3.03. The summed E-state index contributed by atoms with van der Waals surface area (Å²) in [5.74, 6) is -0.232. The molecule has 2 aliphatic rings. The number of carbonyl (C=O) groups excluding carboxylic acids is 1. The van der Waals surface area contributed by atoms with E-state index in [4.69, 9.17) is 18.9 Å². The Labute approximate surface area is 266 Å². The van der Waals surface area contributed by atoms with Crippen LogP contribution in [0.5, 0.6) is 0 Å². The van der Waals surface area contributed by atoms with Crippen molar-refractivity contribution in [1.29, 1.82) is 0 Å². The van der Waals surface area contributed by atoms with Crippen molar-refractivity contribution in [3.05, 3.63) is 0 Å². The van der Waals surface area contributed by atoms with Crippen LogP contribution in [0.15, 0.2) is 0 Å². The van der Waals surface area contributed by atoms with E-state index in [9.17, 15) is 45.6 Å². The Morgan fingerprint density at radius 3 is 1.89 bits per heavy atom. The lowest BCUT2D eigenvalue weighted by Crippen LogP contribution is -2.65. The van der Waals surface area contributed by atoms with Gasteiger partial charge in [-0.05, 0) is 12.8 Å². The number of hydrogen-bond acceptors (Lipinski definition) is 13. The zero-order valence-electron chi connectivity index (χ0n) is 26.9. The number of carbonyl (C=O) groups is 1. The Morgan fingerprint density at radius 2 is 1.27 bits per heavy atom. The van der Waals surface area contributed by atoms with E-state index in [0.29, 0.717) is 19.3 Å². The first-order valence-corrected chi connectivity index (χ1v) is 16.8. The van der Waals surface area contributed by atoms with Gasteiger partial charge >= 0.3 is 0 Å². The van der Waals surface area contributed by atoms with E-state index in [-0.39, 0.29) is 12.5 Å². The first kappa shape index (κ1) is 40.2. The van der Waals surface area contributed by atoms with Crippen LogP contribution in [0, 0.1) is 0 Å². The predicted octanol–water partition coefficient (Wildman–Crippen LogP) is -0.416. The number of ether oxygens (including phenoxy) is 4. The van der Waals surface area contributed by atoms with Gasteiger partial charge in [-0.15, -0.1) is 0 Å². The van der Waals surface area contributed by atoms with Gasteiger partial charge in [0.25, 0.3) is 0 Å². The largest absolute Gasteiger partial charge is 0.394 e. The highest BCUT2D eigenvalue weighted by molar-refractivity contribution is 5.76. The van der Waals surface area contributed by atoms with E-state index in [0.717, 1.165) is 44.9 Å².